The number of halogens is 1. The van der Waals surface area contributed by atoms with Crippen molar-refractivity contribution in [1.29, 1.82) is 0 Å². The Morgan fingerprint density at radius 1 is 1.39 bits per heavy atom. The molecule has 1 aromatic carbocycles. The largest absolute Gasteiger partial charge is 0.444 e. The van der Waals surface area contributed by atoms with Crippen LogP contribution < -0.4 is 5.32 Å². The second-order valence-corrected chi connectivity index (χ2v) is 7.78. The second-order valence-electron chi connectivity index (χ2n) is 6.87. The lowest BCUT2D eigenvalue weighted by Crippen LogP contribution is -2.49. The smallest absolute Gasteiger partial charge is 0.410 e. The molecule has 6 heteroatoms. The molecule has 1 saturated heterocycles. The van der Waals surface area contributed by atoms with Crippen LogP contribution >= 0.6 is 15.9 Å². The standard InChI is InChI=1S/C17H22BrN3O2/c1-17(2,3)23-16(22)21-7-6-19-15(10-21)13-9-20-14-5-4-11(18)8-12(13)14/h4-5,8-9,15,19-20H,6-7,10H2,1-3H3. The van der Waals surface area contributed by atoms with Gasteiger partial charge < -0.3 is 19.9 Å². The molecule has 1 aliphatic heterocycles. The summed E-state index contributed by atoms with van der Waals surface area (Å²) in [5, 5.41) is 4.67. The molecule has 3 rings (SSSR count). The molecule has 0 spiro atoms. The van der Waals surface area contributed by atoms with Gasteiger partial charge in [-0.3, -0.25) is 0 Å². The lowest BCUT2D eigenvalue weighted by atomic mass is 10.0. The molecule has 1 fully saturated rings. The first-order valence-electron chi connectivity index (χ1n) is 7.81. The number of carbonyl (C=O) groups excluding carboxylic acids is 1. The molecule has 5 nitrogen and oxygen atoms in total. The third kappa shape index (κ3) is 3.70. The highest BCUT2D eigenvalue weighted by molar-refractivity contribution is 9.10. The molecule has 0 saturated carbocycles. The van der Waals surface area contributed by atoms with Crippen LogP contribution in [0.4, 0.5) is 4.79 Å². The summed E-state index contributed by atoms with van der Waals surface area (Å²) in [4.78, 5) is 17.4. The van der Waals surface area contributed by atoms with E-state index in [2.05, 4.69) is 38.4 Å². The van der Waals surface area contributed by atoms with Crippen molar-refractivity contribution in [3.05, 3.63) is 34.4 Å². The summed E-state index contributed by atoms with van der Waals surface area (Å²) < 4.78 is 6.54. The van der Waals surface area contributed by atoms with Gasteiger partial charge in [0.25, 0.3) is 0 Å². The summed E-state index contributed by atoms with van der Waals surface area (Å²) in [5.41, 5.74) is 1.80. The van der Waals surface area contributed by atoms with Gasteiger partial charge in [0.15, 0.2) is 0 Å². The summed E-state index contributed by atoms with van der Waals surface area (Å²) in [6.45, 7) is 7.70. The van der Waals surface area contributed by atoms with Gasteiger partial charge in [-0.15, -0.1) is 0 Å². The first-order valence-corrected chi connectivity index (χ1v) is 8.60. The fourth-order valence-electron chi connectivity index (χ4n) is 2.85. The molecule has 0 radical (unpaired) electrons. The molecule has 2 heterocycles. The van der Waals surface area contributed by atoms with Crippen LogP contribution in [0.3, 0.4) is 0 Å². The average Bonchev–Trinajstić information content (AvgIpc) is 2.88. The number of benzene rings is 1. The quantitative estimate of drug-likeness (QED) is 0.791. The molecular formula is C17H22BrN3O2. The number of fused-ring (bicyclic) bond motifs is 1. The molecule has 0 bridgehead atoms. The van der Waals surface area contributed by atoms with Crippen LogP contribution in [0.15, 0.2) is 28.9 Å². The van der Waals surface area contributed by atoms with E-state index in [0.29, 0.717) is 13.1 Å². The van der Waals surface area contributed by atoms with E-state index in [0.717, 1.165) is 16.5 Å². The first kappa shape index (κ1) is 16.3. The maximum atomic E-state index is 12.3. The number of rotatable bonds is 1. The Morgan fingerprint density at radius 2 is 2.17 bits per heavy atom. The van der Waals surface area contributed by atoms with Crippen molar-refractivity contribution in [3.8, 4) is 0 Å². The van der Waals surface area contributed by atoms with Gasteiger partial charge in [0.05, 0.1) is 6.04 Å². The highest BCUT2D eigenvalue weighted by atomic mass is 79.9. The molecule has 1 amide bonds. The molecule has 1 aliphatic rings. The van der Waals surface area contributed by atoms with E-state index in [1.807, 2.05) is 33.0 Å². The highest BCUT2D eigenvalue weighted by Gasteiger charge is 2.29. The van der Waals surface area contributed by atoms with E-state index >= 15 is 0 Å². The zero-order valence-electron chi connectivity index (χ0n) is 13.6. The predicted molar refractivity (Wildman–Crippen MR) is 94.5 cm³/mol. The fourth-order valence-corrected chi connectivity index (χ4v) is 3.21. The van der Waals surface area contributed by atoms with Crippen LogP contribution in [0, 0.1) is 0 Å². The van der Waals surface area contributed by atoms with E-state index in [-0.39, 0.29) is 12.1 Å². The molecule has 1 aromatic heterocycles. The number of hydrogen-bond acceptors (Lipinski definition) is 3. The zero-order chi connectivity index (χ0) is 16.6. The zero-order valence-corrected chi connectivity index (χ0v) is 15.2. The lowest BCUT2D eigenvalue weighted by Gasteiger charge is -2.34. The van der Waals surface area contributed by atoms with E-state index < -0.39 is 5.60 Å². The van der Waals surface area contributed by atoms with Crippen molar-refractivity contribution >= 4 is 32.9 Å². The Bertz CT molecular complexity index is 720. The predicted octanol–water partition coefficient (Wildman–Crippen LogP) is 3.81. The molecular weight excluding hydrogens is 358 g/mol. The topological polar surface area (TPSA) is 57.4 Å². The maximum Gasteiger partial charge on any atom is 0.410 e. The molecule has 1 unspecified atom stereocenters. The van der Waals surface area contributed by atoms with Gasteiger partial charge in [-0.1, -0.05) is 15.9 Å². The van der Waals surface area contributed by atoms with E-state index in [9.17, 15) is 4.79 Å². The lowest BCUT2D eigenvalue weighted by molar-refractivity contribution is 0.0195. The number of aromatic nitrogens is 1. The number of hydrogen-bond donors (Lipinski definition) is 2. The third-order valence-electron chi connectivity index (χ3n) is 3.88. The van der Waals surface area contributed by atoms with Gasteiger partial charge in [-0.05, 0) is 44.5 Å². The number of piperazine rings is 1. The van der Waals surface area contributed by atoms with Gasteiger partial charge in [0, 0.05) is 41.2 Å². The number of nitrogens with zero attached hydrogens (tertiary/aromatic N) is 1. The van der Waals surface area contributed by atoms with Crippen molar-refractivity contribution in [2.24, 2.45) is 0 Å². The minimum absolute atomic E-state index is 0.0966. The maximum absolute atomic E-state index is 12.3. The van der Waals surface area contributed by atoms with Crippen LogP contribution in [-0.2, 0) is 4.74 Å². The number of aromatic amines is 1. The van der Waals surface area contributed by atoms with Crippen LogP contribution in [0.1, 0.15) is 32.4 Å². The summed E-state index contributed by atoms with van der Waals surface area (Å²) >= 11 is 3.52. The Kier molecular flexibility index (Phi) is 4.38. The minimum Gasteiger partial charge on any atom is -0.444 e. The van der Waals surface area contributed by atoms with Gasteiger partial charge >= 0.3 is 6.09 Å². The number of ether oxygens (including phenoxy) is 1. The minimum atomic E-state index is -0.469. The Morgan fingerprint density at radius 3 is 2.91 bits per heavy atom. The van der Waals surface area contributed by atoms with Gasteiger partial charge in [0.1, 0.15) is 5.60 Å². The second kappa shape index (κ2) is 6.17. The van der Waals surface area contributed by atoms with Gasteiger partial charge in [0.2, 0.25) is 0 Å². The molecule has 2 aromatic rings. The van der Waals surface area contributed by atoms with Crippen LogP contribution in [0.5, 0.6) is 0 Å². The van der Waals surface area contributed by atoms with Crippen molar-refractivity contribution in [1.82, 2.24) is 15.2 Å². The Labute approximate surface area is 144 Å². The highest BCUT2D eigenvalue weighted by Crippen LogP contribution is 2.29. The summed E-state index contributed by atoms with van der Waals surface area (Å²) in [6, 6.07) is 6.27. The van der Waals surface area contributed by atoms with Crippen molar-refractivity contribution in [2.75, 3.05) is 19.6 Å². The number of H-pyrrole nitrogens is 1. The fraction of sp³-hybridized carbons (Fsp3) is 0.471. The van der Waals surface area contributed by atoms with Crippen LogP contribution in [0.25, 0.3) is 10.9 Å². The average molecular weight is 380 g/mol. The molecule has 2 N–H and O–H groups in total. The SMILES string of the molecule is CC(C)(C)OC(=O)N1CCNC(c2c[nH]c3ccc(Br)cc23)C1. The van der Waals surface area contributed by atoms with Crippen LogP contribution in [0.2, 0.25) is 0 Å². The van der Waals surface area contributed by atoms with Crippen molar-refractivity contribution in [2.45, 2.75) is 32.4 Å². The third-order valence-corrected chi connectivity index (χ3v) is 4.37. The molecule has 1 atom stereocenters. The van der Waals surface area contributed by atoms with Gasteiger partial charge in [-0.25, -0.2) is 4.79 Å². The number of amides is 1. The summed E-state index contributed by atoms with van der Waals surface area (Å²) in [6.07, 6.45) is 1.78. The first-order chi connectivity index (χ1) is 10.8. The summed E-state index contributed by atoms with van der Waals surface area (Å²) in [5.74, 6) is 0. The van der Waals surface area contributed by atoms with Gasteiger partial charge in [-0.2, -0.15) is 0 Å². The molecule has 23 heavy (non-hydrogen) atoms. The molecule has 0 aliphatic carbocycles. The molecule has 124 valence electrons. The van der Waals surface area contributed by atoms with Crippen molar-refractivity contribution in [3.63, 3.8) is 0 Å². The van der Waals surface area contributed by atoms with E-state index in [4.69, 9.17) is 4.74 Å². The van der Waals surface area contributed by atoms with E-state index in [1.165, 1.54) is 10.9 Å². The number of carbonyl (C=O) groups is 1. The monoisotopic (exact) mass is 379 g/mol. The van der Waals surface area contributed by atoms with E-state index in [1.54, 1.807) is 4.90 Å². The Hall–Kier alpha value is -1.53. The van der Waals surface area contributed by atoms with Crippen molar-refractivity contribution < 1.29 is 9.53 Å². The normalized spacial score (nSPS) is 19.1. The Balaban J connectivity index is 1.80. The number of nitrogens with one attached hydrogen (secondary N) is 2. The summed E-state index contributed by atoms with van der Waals surface area (Å²) in [7, 11) is 0. The van der Waals surface area contributed by atoms with Crippen LogP contribution in [-0.4, -0.2) is 41.2 Å².